The second-order valence-corrected chi connectivity index (χ2v) is 9.56. The molecule has 0 aliphatic rings. The summed E-state index contributed by atoms with van der Waals surface area (Å²) in [6.45, 7) is 3.50. The van der Waals surface area contributed by atoms with Gasteiger partial charge in [0.15, 0.2) is 0 Å². The van der Waals surface area contributed by atoms with Crippen LogP contribution in [0.3, 0.4) is 0 Å². The van der Waals surface area contributed by atoms with Crippen LogP contribution in [0, 0.1) is 13.8 Å². The maximum atomic E-state index is 12.6. The van der Waals surface area contributed by atoms with E-state index in [1.165, 1.54) is 0 Å². The molecular formula is C27H23BrClN3O7. The van der Waals surface area contributed by atoms with Crippen LogP contribution in [0.4, 0.5) is 0 Å². The number of H-pyrrole nitrogens is 1. The van der Waals surface area contributed by atoms with Crippen molar-refractivity contribution in [2.45, 2.75) is 13.8 Å². The second-order valence-electron chi connectivity index (χ2n) is 8.27. The fraction of sp³-hybridized carbons (Fsp3) is 0.185. The van der Waals surface area contributed by atoms with Gasteiger partial charge in [-0.1, -0.05) is 11.6 Å². The minimum Gasteiger partial charge on any atom is -0.496 e. The van der Waals surface area contributed by atoms with Gasteiger partial charge in [0.05, 0.1) is 17.3 Å². The summed E-state index contributed by atoms with van der Waals surface area (Å²) >= 11 is 9.27. The molecule has 0 saturated carbocycles. The molecule has 3 aromatic carbocycles. The molecule has 0 aliphatic carbocycles. The highest BCUT2D eigenvalue weighted by molar-refractivity contribution is 9.10. The van der Waals surface area contributed by atoms with E-state index in [1.807, 2.05) is 0 Å². The van der Waals surface area contributed by atoms with Crippen molar-refractivity contribution in [1.29, 1.82) is 0 Å². The molecule has 0 fully saturated rings. The predicted molar refractivity (Wildman–Crippen MR) is 148 cm³/mol. The third kappa shape index (κ3) is 6.68. The van der Waals surface area contributed by atoms with Gasteiger partial charge in [0, 0.05) is 5.02 Å². The van der Waals surface area contributed by atoms with Crippen molar-refractivity contribution in [3.63, 3.8) is 0 Å². The number of nitrogens with one attached hydrogen (secondary N) is 1. The third-order valence-corrected chi connectivity index (χ3v) is 6.32. The molecule has 0 bridgehead atoms. The van der Waals surface area contributed by atoms with Gasteiger partial charge < -0.3 is 18.9 Å². The van der Waals surface area contributed by atoms with Gasteiger partial charge in [-0.25, -0.2) is 9.59 Å². The van der Waals surface area contributed by atoms with Crippen molar-refractivity contribution in [2.75, 3.05) is 20.3 Å². The van der Waals surface area contributed by atoms with E-state index < -0.39 is 22.9 Å². The maximum absolute atomic E-state index is 12.6. The number of halogens is 2. The highest BCUT2D eigenvalue weighted by Crippen LogP contribution is 2.34. The second kappa shape index (κ2) is 12.2. The number of methoxy groups -OCH3 is 1. The first-order valence-corrected chi connectivity index (χ1v) is 12.8. The van der Waals surface area contributed by atoms with Crippen LogP contribution in [0.1, 0.15) is 21.6 Å². The molecule has 0 saturated heterocycles. The van der Waals surface area contributed by atoms with E-state index in [1.54, 1.807) is 75.6 Å². The number of nitrogens with zero attached hydrogens (tertiary/aromatic N) is 2. The molecule has 1 N–H and O–H groups in total. The Labute approximate surface area is 236 Å². The molecule has 4 aromatic rings. The number of ether oxygens (including phenoxy) is 4. The molecule has 12 heteroatoms. The van der Waals surface area contributed by atoms with Crippen LogP contribution < -0.4 is 25.5 Å². The standard InChI is InChI=1S/C27H23BrClN3O7/c1-15-12-18(13-16(2)24(15)39-20-8-9-22(36-3)21(28)14-20)32-27(35)30-25(33)23(31-32)26(34)38-11-10-37-19-6-4-17(29)5-7-19/h4-9,12-14H,10-11H2,1-3H3,(H,30,33,35). The Morgan fingerprint density at radius 3 is 2.31 bits per heavy atom. The fourth-order valence-corrected chi connectivity index (χ4v) is 4.29. The van der Waals surface area contributed by atoms with Crippen LogP contribution in [0.2, 0.25) is 5.02 Å². The minimum atomic E-state index is -0.997. The lowest BCUT2D eigenvalue weighted by Crippen LogP contribution is -2.36. The van der Waals surface area contributed by atoms with E-state index in [4.69, 9.17) is 30.5 Å². The zero-order chi connectivity index (χ0) is 28.1. The number of hydrogen-bond donors (Lipinski definition) is 1. The van der Waals surface area contributed by atoms with Crippen molar-refractivity contribution in [2.24, 2.45) is 0 Å². The molecule has 10 nitrogen and oxygen atoms in total. The summed E-state index contributed by atoms with van der Waals surface area (Å²) in [5.74, 6) is 1.36. The Kier molecular flexibility index (Phi) is 8.72. The Balaban J connectivity index is 1.51. The van der Waals surface area contributed by atoms with Crippen molar-refractivity contribution < 1.29 is 23.7 Å². The van der Waals surface area contributed by atoms with Gasteiger partial charge in [-0.15, -0.1) is 0 Å². The van der Waals surface area contributed by atoms with Crippen LogP contribution in [0.5, 0.6) is 23.0 Å². The zero-order valence-corrected chi connectivity index (χ0v) is 23.5. The summed E-state index contributed by atoms with van der Waals surface area (Å²) in [7, 11) is 1.57. The van der Waals surface area contributed by atoms with E-state index >= 15 is 0 Å². The fourth-order valence-electron chi connectivity index (χ4n) is 3.64. The lowest BCUT2D eigenvalue weighted by molar-refractivity contribution is 0.0438. The first kappa shape index (κ1) is 27.9. The molecule has 0 radical (unpaired) electrons. The lowest BCUT2D eigenvalue weighted by atomic mass is 10.1. The van der Waals surface area contributed by atoms with Crippen LogP contribution in [0.25, 0.3) is 5.69 Å². The maximum Gasteiger partial charge on any atom is 0.364 e. The van der Waals surface area contributed by atoms with Crippen LogP contribution in [-0.2, 0) is 4.74 Å². The van der Waals surface area contributed by atoms with Crippen molar-refractivity contribution in [3.05, 3.63) is 102 Å². The molecular weight excluding hydrogens is 594 g/mol. The highest BCUT2D eigenvalue weighted by atomic mass is 79.9. The predicted octanol–water partition coefficient (Wildman–Crippen LogP) is 4.99. The topological polar surface area (TPSA) is 122 Å². The molecule has 0 unspecified atom stereocenters. The summed E-state index contributed by atoms with van der Waals surface area (Å²) in [5.41, 5.74) is -0.623. The molecule has 1 heterocycles. The summed E-state index contributed by atoms with van der Waals surface area (Å²) in [6, 6.07) is 15.3. The molecule has 0 spiro atoms. The monoisotopic (exact) mass is 615 g/mol. The molecule has 1 aromatic heterocycles. The van der Waals surface area contributed by atoms with Crippen LogP contribution in [-0.4, -0.2) is 41.1 Å². The number of carbonyl (C=O) groups excluding carboxylic acids is 1. The zero-order valence-electron chi connectivity index (χ0n) is 21.1. The Bertz CT molecular complexity index is 1610. The van der Waals surface area contributed by atoms with Gasteiger partial charge >= 0.3 is 11.7 Å². The van der Waals surface area contributed by atoms with Gasteiger partial charge in [0.2, 0.25) is 5.69 Å². The van der Waals surface area contributed by atoms with Crippen molar-refractivity contribution >= 4 is 33.5 Å². The molecule has 0 atom stereocenters. The molecule has 39 heavy (non-hydrogen) atoms. The summed E-state index contributed by atoms with van der Waals surface area (Å²) in [4.78, 5) is 39.5. The van der Waals surface area contributed by atoms with E-state index in [0.29, 0.717) is 44.8 Å². The molecule has 0 amide bonds. The number of esters is 1. The quantitative estimate of drug-likeness (QED) is 0.206. The minimum absolute atomic E-state index is 0.0372. The number of aryl methyl sites for hydroxylation is 2. The number of carbonyl (C=O) groups is 1. The van der Waals surface area contributed by atoms with E-state index in [-0.39, 0.29) is 13.2 Å². The summed E-state index contributed by atoms with van der Waals surface area (Å²) in [6.07, 6.45) is 0. The smallest absolute Gasteiger partial charge is 0.364 e. The molecule has 202 valence electrons. The van der Waals surface area contributed by atoms with Gasteiger partial charge in [-0.3, -0.25) is 9.78 Å². The SMILES string of the molecule is COc1ccc(Oc2c(C)cc(-n3nc(C(=O)OCCOc4ccc(Cl)cc4)c(=O)[nH]c3=O)cc2C)cc1Br. The van der Waals surface area contributed by atoms with Crippen molar-refractivity contribution in [1.82, 2.24) is 14.8 Å². The Morgan fingerprint density at radius 1 is 1.00 bits per heavy atom. The number of benzene rings is 3. The molecule has 4 rings (SSSR count). The molecule has 0 aliphatic heterocycles. The summed E-state index contributed by atoms with van der Waals surface area (Å²) in [5, 5.41) is 4.55. The van der Waals surface area contributed by atoms with E-state index in [0.717, 1.165) is 9.15 Å². The highest BCUT2D eigenvalue weighted by Gasteiger charge is 2.19. The number of rotatable bonds is 9. The number of aromatic nitrogens is 3. The van der Waals surface area contributed by atoms with Crippen molar-refractivity contribution in [3.8, 4) is 28.7 Å². The van der Waals surface area contributed by atoms with E-state index in [2.05, 4.69) is 26.0 Å². The summed E-state index contributed by atoms with van der Waals surface area (Å²) < 4.78 is 23.6. The Morgan fingerprint density at radius 2 is 1.67 bits per heavy atom. The van der Waals surface area contributed by atoms with Crippen LogP contribution >= 0.6 is 27.5 Å². The van der Waals surface area contributed by atoms with Gasteiger partial charge in [-0.05, 0) is 95.5 Å². The van der Waals surface area contributed by atoms with E-state index in [9.17, 15) is 14.4 Å². The third-order valence-electron chi connectivity index (χ3n) is 5.45. The lowest BCUT2D eigenvalue weighted by Gasteiger charge is -2.15. The number of aromatic amines is 1. The average molecular weight is 617 g/mol. The van der Waals surface area contributed by atoms with Gasteiger partial charge in [0.1, 0.15) is 36.2 Å². The normalized spacial score (nSPS) is 10.7. The van der Waals surface area contributed by atoms with Crippen LogP contribution in [0.15, 0.2) is 68.7 Å². The van der Waals surface area contributed by atoms with Gasteiger partial charge in [0.25, 0.3) is 5.56 Å². The average Bonchev–Trinajstić information content (AvgIpc) is 2.89. The van der Waals surface area contributed by atoms with Gasteiger partial charge in [-0.2, -0.15) is 9.78 Å². The number of hydrogen-bond acceptors (Lipinski definition) is 8. The Hall–Kier alpha value is -4.09. The first-order valence-electron chi connectivity index (χ1n) is 11.6. The largest absolute Gasteiger partial charge is 0.496 e. The first-order chi connectivity index (χ1) is 18.7.